The largest absolute Gasteiger partial charge is 0.339 e. The number of hydrogen-bond acceptors (Lipinski definition) is 4. The van der Waals surface area contributed by atoms with Gasteiger partial charge in [0.05, 0.1) is 11.4 Å². The van der Waals surface area contributed by atoms with E-state index in [2.05, 4.69) is 27.7 Å². The molecule has 0 bridgehead atoms. The lowest BCUT2D eigenvalue weighted by Gasteiger charge is -2.26. The highest BCUT2D eigenvalue weighted by molar-refractivity contribution is 6.10. The Morgan fingerprint density at radius 3 is 2.38 bits per heavy atom. The fourth-order valence-electron chi connectivity index (χ4n) is 4.87. The van der Waals surface area contributed by atoms with Crippen molar-refractivity contribution < 1.29 is 14.4 Å². The predicted octanol–water partition coefficient (Wildman–Crippen LogP) is 4.21. The number of nitrogens with zero attached hydrogens (tertiary/aromatic N) is 2. The first-order valence-corrected chi connectivity index (χ1v) is 11.4. The van der Waals surface area contributed by atoms with Crippen LogP contribution >= 0.6 is 0 Å². The molecule has 2 N–H and O–H groups in total. The van der Waals surface area contributed by atoms with Crippen molar-refractivity contribution in [1.82, 2.24) is 10.2 Å². The van der Waals surface area contributed by atoms with E-state index in [1.54, 1.807) is 0 Å². The van der Waals surface area contributed by atoms with E-state index in [0.29, 0.717) is 18.5 Å². The van der Waals surface area contributed by atoms with Gasteiger partial charge < -0.3 is 15.5 Å². The Morgan fingerprint density at radius 1 is 1.00 bits per heavy atom. The van der Waals surface area contributed by atoms with Crippen molar-refractivity contribution in [1.29, 1.82) is 0 Å². The number of amides is 4. The van der Waals surface area contributed by atoms with Gasteiger partial charge in [0.15, 0.2) is 0 Å². The number of imide groups is 1. The molecule has 0 unspecified atom stereocenters. The molecule has 2 heterocycles. The van der Waals surface area contributed by atoms with Gasteiger partial charge in [-0.2, -0.15) is 0 Å². The Morgan fingerprint density at radius 2 is 1.66 bits per heavy atom. The van der Waals surface area contributed by atoms with Crippen molar-refractivity contribution in [2.75, 3.05) is 23.3 Å². The number of anilines is 3. The normalized spacial score (nSPS) is 16.8. The van der Waals surface area contributed by atoms with Crippen LogP contribution in [0.2, 0.25) is 0 Å². The third-order valence-electron chi connectivity index (χ3n) is 6.26. The minimum absolute atomic E-state index is 0.301. The summed E-state index contributed by atoms with van der Waals surface area (Å²) in [7, 11) is 0. The Kier molecular flexibility index (Phi) is 6.17. The Balaban J connectivity index is 1.50. The van der Waals surface area contributed by atoms with Crippen LogP contribution in [0.1, 0.15) is 45.1 Å². The van der Waals surface area contributed by atoms with Gasteiger partial charge in [0.1, 0.15) is 12.1 Å². The average molecular weight is 435 g/mol. The molecule has 168 valence electrons. The van der Waals surface area contributed by atoms with Crippen molar-refractivity contribution in [2.45, 2.75) is 51.5 Å². The van der Waals surface area contributed by atoms with Crippen LogP contribution < -0.4 is 15.5 Å². The average Bonchev–Trinajstić information content (AvgIpc) is 3.30. The molecule has 0 aromatic heterocycles. The SMILES string of the molecule is CCCC1(CCC)NC(=O)N(CC(=O)Nc2ccccc2N2CCc3ccccc32)C1=O. The van der Waals surface area contributed by atoms with Crippen LogP contribution in [0.4, 0.5) is 21.9 Å². The van der Waals surface area contributed by atoms with Gasteiger partial charge in [-0.05, 0) is 43.0 Å². The van der Waals surface area contributed by atoms with Gasteiger partial charge in [-0.3, -0.25) is 14.5 Å². The quantitative estimate of drug-likeness (QED) is 0.610. The standard InChI is InChI=1S/C25H30N4O3/c1-3-14-25(15-4-2)23(31)29(24(32)27-25)17-22(30)26-19-10-6-8-12-21(19)28-16-13-18-9-5-7-11-20(18)28/h5-12H,3-4,13-17H2,1-2H3,(H,26,30)(H,27,32). The Labute approximate surface area is 188 Å². The highest BCUT2D eigenvalue weighted by Crippen LogP contribution is 2.38. The summed E-state index contributed by atoms with van der Waals surface area (Å²) >= 11 is 0. The molecule has 0 saturated carbocycles. The minimum atomic E-state index is -0.891. The van der Waals surface area contributed by atoms with E-state index in [9.17, 15) is 14.4 Å². The topological polar surface area (TPSA) is 81.8 Å². The maximum absolute atomic E-state index is 13.1. The first-order valence-electron chi connectivity index (χ1n) is 11.4. The first-order chi connectivity index (χ1) is 15.5. The number of urea groups is 1. The molecule has 7 nitrogen and oxygen atoms in total. The van der Waals surface area contributed by atoms with Crippen LogP contribution in [0.25, 0.3) is 0 Å². The summed E-state index contributed by atoms with van der Waals surface area (Å²) < 4.78 is 0. The Bertz CT molecular complexity index is 1030. The molecular formula is C25H30N4O3. The van der Waals surface area contributed by atoms with Crippen LogP contribution in [0.15, 0.2) is 48.5 Å². The van der Waals surface area contributed by atoms with E-state index < -0.39 is 17.5 Å². The van der Waals surface area contributed by atoms with Crippen molar-refractivity contribution in [2.24, 2.45) is 0 Å². The summed E-state index contributed by atoms with van der Waals surface area (Å²) in [6, 6.07) is 15.4. The first kappa shape index (κ1) is 21.9. The number of benzene rings is 2. The van der Waals surface area contributed by atoms with Gasteiger partial charge in [0, 0.05) is 12.2 Å². The molecule has 1 fully saturated rings. The highest BCUT2D eigenvalue weighted by atomic mass is 16.2. The maximum atomic E-state index is 13.1. The Hall–Kier alpha value is -3.35. The summed E-state index contributed by atoms with van der Waals surface area (Å²) in [6.07, 6.45) is 3.63. The van der Waals surface area contributed by atoms with Crippen LogP contribution in [0, 0.1) is 0 Å². The summed E-state index contributed by atoms with van der Waals surface area (Å²) in [5.41, 5.74) is 3.07. The molecule has 2 aromatic carbocycles. The lowest BCUT2D eigenvalue weighted by atomic mass is 9.88. The fourth-order valence-corrected chi connectivity index (χ4v) is 4.87. The number of rotatable bonds is 8. The van der Waals surface area contributed by atoms with Gasteiger partial charge in [-0.25, -0.2) is 4.79 Å². The zero-order valence-electron chi connectivity index (χ0n) is 18.7. The lowest BCUT2D eigenvalue weighted by molar-refractivity contribution is -0.134. The molecule has 2 aliphatic heterocycles. The third-order valence-corrected chi connectivity index (χ3v) is 6.26. The van der Waals surface area contributed by atoms with Gasteiger partial charge in [0.2, 0.25) is 5.91 Å². The summed E-state index contributed by atoms with van der Waals surface area (Å²) in [4.78, 5) is 41.8. The molecule has 7 heteroatoms. The third kappa shape index (κ3) is 3.95. The molecule has 2 aliphatic rings. The van der Waals surface area contributed by atoms with Crippen molar-refractivity contribution >= 4 is 34.9 Å². The number of carbonyl (C=O) groups excluding carboxylic acids is 3. The smallest absolute Gasteiger partial charge is 0.325 e. The summed E-state index contributed by atoms with van der Waals surface area (Å²) in [5, 5.41) is 5.78. The van der Waals surface area contributed by atoms with Crippen LogP contribution in [0.5, 0.6) is 0 Å². The molecule has 0 aliphatic carbocycles. The fraction of sp³-hybridized carbons (Fsp3) is 0.400. The summed E-state index contributed by atoms with van der Waals surface area (Å²) in [5.74, 6) is -0.694. The van der Waals surface area contributed by atoms with Crippen LogP contribution in [-0.2, 0) is 16.0 Å². The van der Waals surface area contributed by atoms with Gasteiger partial charge in [-0.15, -0.1) is 0 Å². The molecule has 32 heavy (non-hydrogen) atoms. The monoisotopic (exact) mass is 434 g/mol. The molecular weight excluding hydrogens is 404 g/mol. The second-order valence-corrected chi connectivity index (χ2v) is 8.50. The molecule has 4 amide bonds. The molecule has 0 radical (unpaired) electrons. The van der Waals surface area contributed by atoms with Crippen LogP contribution in [0.3, 0.4) is 0 Å². The second-order valence-electron chi connectivity index (χ2n) is 8.50. The predicted molar refractivity (Wildman–Crippen MR) is 125 cm³/mol. The molecule has 2 aromatic rings. The van der Waals surface area contributed by atoms with E-state index in [-0.39, 0.29) is 12.5 Å². The molecule has 0 atom stereocenters. The lowest BCUT2D eigenvalue weighted by Crippen LogP contribution is -2.47. The van der Waals surface area contributed by atoms with E-state index in [1.807, 2.05) is 50.2 Å². The maximum Gasteiger partial charge on any atom is 0.325 e. The van der Waals surface area contributed by atoms with E-state index in [1.165, 1.54) is 5.56 Å². The second kappa shape index (κ2) is 9.02. The molecule has 0 spiro atoms. The minimum Gasteiger partial charge on any atom is -0.339 e. The summed E-state index contributed by atoms with van der Waals surface area (Å²) in [6.45, 7) is 4.50. The zero-order valence-corrected chi connectivity index (χ0v) is 18.7. The highest BCUT2D eigenvalue weighted by Gasteiger charge is 2.50. The molecule has 1 saturated heterocycles. The van der Waals surface area contributed by atoms with Crippen molar-refractivity contribution in [3.8, 4) is 0 Å². The van der Waals surface area contributed by atoms with E-state index >= 15 is 0 Å². The van der Waals surface area contributed by atoms with Crippen molar-refractivity contribution in [3.63, 3.8) is 0 Å². The van der Waals surface area contributed by atoms with Gasteiger partial charge in [0.25, 0.3) is 5.91 Å². The number of carbonyl (C=O) groups is 3. The number of hydrogen-bond donors (Lipinski definition) is 2. The van der Waals surface area contributed by atoms with E-state index in [4.69, 9.17) is 0 Å². The van der Waals surface area contributed by atoms with Gasteiger partial charge in [-0.1, -0.05) is 57.0 Å². The molecule has 4 rings (SSSR count). The number of fused-ring (bicyclic) bond motifs is 1. The number of nitrogens with one attached hydrogen (secondary N) is 2. The zero-order chi connectivity index (χ0) is 22.7. The van der Waals surface area contributed by atoms with Gasteiger partial charge >= 0.3 is 6.03 Å². The number of para-hydroxylation sites is 3. The van der Waals surface area contributed by atoms with E-state index in [0.717, 1.165) is 42.1 Å². The van der Waals surface area contributed by atoms with Crippen molar-refractivity contribution in [3.05, 3.63) is 54.1 Å². The van der Waals surface area contributed by atoms with Crippen LogP contribution in [-0.4, -0.2) is 41.4 Å².